The Labute approximate surface area is 93.2 Å². The molecule has 0 fully saturated rings. The van der Waals surface area contributed by atoms with E-state index >= 15 is 0 Å². The highest BCUT2D eigenvalue weighted by atomic mass is 32.2. The second-order valence-corrected chi connectivity index (χ2v) is 6.52. The van der Waals surface area contributed by atoms with Crippen molar-refractivity contribution in [1.29, 1.82) is 0 Å². The van der Waals surface area contributed by atoms with Crippen LogP contribution < -0.4 is 0 Å². The number of rotatable bonds is 4. The fourth-order valence-electron chi connectivity index (χ4n) is 1.07. The minimum absolute atomic E-state index is 0.253. The van der Waals surface area contributed by atoms with Crippen LogP contribution in [0.25, 0.3) is 0 Å². The number of benzene rings is 1. The van der Waals surface area contributed by atoms with Crippen LogP contribution in [0, 0.1) is 0 Å². The van der Waals surface area contributed by atoms with Crippen molar-refractivity contribution in [2.24, 2.45) is 0 Å². The highest BCUT2D eigenvalue weighted by Crippen LogP contribution is 2.16. The Balaban J connectivity index is 3.29. The van der Waals surface area contributed by atoms with E-state index in [1.807, 2.05) is 0 Å². The van der Waals surface area contributed by atoms with Gasteiger partial charge in [-0.3, -0.25) is 4.55 Å². The van der Waals surface area contributed by atoms with Gasteiger partial charge in [-0.15, -0.1) is 0 Å². The predicted octanol–water partition coefficient (Wildman–Crippen LogP) is -0.301. The Morgan fingerprint density at radius 2 is 1.62 bits per heavy atom. The van der Waals surface area contributed by atoms with Crippen molar-refractivity contribution in [3.63, 3.8) is 0 Å². The third-order valence-corrected chi connectivity index (χ3v) is 4.36. The summed E-state index contributed by atoms with van der Waals surface area (Å²) in [5.41, 5.74) is 0. The molecular formula is C8H10O6S2. The number of aliphatic hydroxyl groups excluding tert-OH is 1. The second kappa shape index (κ2) is 4.50. The molecule has 0 heterocycles. The van der Waals surface area contributed by atoms with Gasteiger partial charge in [-0.1, -0.05) is 6.07 Å². The summed E-state index contributed by atoms with van der Waals surface area (Å²) >= 11 is 0. The van der Waals surface area contributed by atoms with Crippen LogP contribution in [0.15, 0.2) is 34.1 Å². The van der Waals surface area contributed by atoms with Gasteiger partial charge < -0.3 is 5.11 Å². The molecule has 0 amide bonds. The predicted molar refractivity (Wildman–Crippen MR) is 55.4 cm³/mol. The molecule has 0 aliphatic carbocycles. The summed E-state index contributed by atoms with van der Waals surface area (Å²) < 4.78 is 53.2. The standard InChI is InChI=1S/C8H10O6S2/c9-4-5-15(10,11)7-2-1-3-8(6-7)16(12,13)14/h1-3,6,9H,4-5H2,(H,12,13,14). The molecule has 0 bridgehead atoms. The van der Waals surface area contributed by atoms with E-state index in [2.05, 4.69) is 0 Å². The molecule has 6 nitrogen and oxygen atoms in total. The van der Waals surface area contributed by atoms with Crippen molar-refractivity contribution in [3.05, 3.63) is 24.3 Å². The first-order valence-electron chi connectivity index (χ1n) is 4.18. The van der Waals surface area contributed by atoms with Crippen molar-refractivity contribution >= 4 is 20.0 Å². The van der Waals surface area contributed by atoms with Crippen LogP contribution in [0.1, 0.15) is 0 Å². The lowest BCUT2D eigenvalue weighted by molar-refractivity contribution is 0.319. The normalized spacial score (nSPS) is 12.6. The number of sulfone groups is 1. The minimum atomic E-state index is -4.43. The van der Waals surface area contributed by atoms with E-state index in [1.54, 1.807) is 0 Å². The van der Waals surface area contributed by atoms with Gasteiger partial charge in [-0.25, -0.2) is 8.42 Å². The third-order valence-electron chi connectivity index (χ3n) is 1.82. The molecule has 0 spiro atoms. The van der Waals surface area contributed by atoms with Gasteiger partial charge >= 0.3 is 0 Å². The molecule has 0 aliphatic rings. The largest absolute Gasteiger partial charge is 0.395 e. The summed E-state index contributed by atoms with van der Waals surface area (Å²) in [5.74, 6) is -0.498. The second-order valence-electron chi connectivity index (χ2n) is 2.99. The van der Waals surface area contributed by atoms with Crippen LogP contribution in [-0.2, 0) is 20.0 Å². The summed E-state index contributed by atoms with van der Waals surface area (Å²) in [5, 5.41) is 8.55. The van der Waals surface area contributed by atoms with E-state index in [-0.39, 0.29) is 4.90 Å². The summed E-state index contributed by atoms with van der Waals surface area (Å²) in [4.78, 5) is -0.747. The molecule has 0 saturated carbocycles. The van der Waals surface area contributed by atoms with Gasteiger partial charge in [0.05, 0.1) is 22.2 Å². The molecule has 0 radical (unpaired) electrons. The lowest BCUT2D eigenvalue weighted by Crippen LogP contribution is -2.10. The van der Waals surface area contributed by atoms with Crippen LogP contribution in [0.2, 0.25) is 0 Å². The third kappa shape index (κ3) is 3.01. The molecule has 90 valence electrons. The zero-order valence-electron chi connectivity index (χ0n) is 8.07. The topological polar surface area (TPSA) is 109 Å². The highest BCUT2D eigenvalue weighted by Gasteiger charge is 2.17. The van der Waals surface area contributed by atoms with Gasteiger partial charge in [0.2, 0.25) is 0 Å². The molecule has 0 aromatic heterocycles. The van der Waals surface area contributed by atoms with Gasteiger partial charge in [0, 0.05) is 0 Å². The van der Waals surface area contributed by atoms with E-state index in [1.165, 1.54) is 12.1 Å². The van der Waals surface area contributed by atoms with Crippen LogP contribution in [-0.4, -0.2) is 38.9 Å². The van der Waals surface area contributed by atoms with Crippen molar-refractivity contribution in [2.45, 2.75) is 9.79 Å². The fraction of sp³-hybridized carbons (Fsp3) is 0.250. The maximum Gasteiger partial charge on any atom is 0.294 e. The Morgan fingerprint density at radius 3 is 2.12 bits per heavy atom. The quantitative estimate of drug-likeness (QED) is 0.724. The monoisotopic (exact) mass is 266 g/mol. The van der Waals surface area contributed by atoms with E-state index in [0.717, 1.165) is 12.1 Å². The van der Waals surface area contributed by atoms with Crippen LogP contribution >= 0.6 is 0 Å². The number of hydrogen-bond acceptors (Lipinski definition) is 5. The summed E-state index contributed by atoms with van der Waals surface area (Å²) in [6, 6.07) is 4.32. The van der Waals surface area contributed by atoms with Crippen molar-refractivity contribution in [2.75, 3.05) is 12.4 Å². The number of aliphatic hydroxyl groups is 1. The molecule has 1 aromatic carbocycles. The van der Waals surface area contributed by atoms with Gasteiger partial charge in [-0.2, -0.15) is 8.42 Å². The molecule has 16 heavy (non-hydrogen) atoms. The molecule has 2 N–H and O–H groups in total. The average molecular weight is 266 g/mol. The number of hydrogen-bond donors (Lipinski definition) is 2. The zero-order valence-corrected chi connectivity index (χ0v) is 9.70. The summed E-state index contributed by atoms with van der Waals surface area (Å²) in [6.45, 7) is -0.557. The molecule has 1 aromatic rings. The summed E-state index contributed by atoms with van der Waals surface area (Å²) in [7, 11) is -8.15. The van der Waals surface area contributed by atoms with Gasteiger partial charge in [0.25, 0.3) is 10.1 Å². The molecule has 0 saturated heterocycles. The Kier molecular flexibility index (Phi) is 3.68. The minimum Gasteiger partial charge on any atom is -0.395 e. The van der Waals surface area contributed by atoms with E-state index in [4.69, 9.17) is 9.66 Å². The first kappa shape index (κ1) is 13.1. The van der Waals surface area contributed by atoms with Crippen LogP contribution in [0.4, 0.5) is 0 Å². The van der Waals surface area contributed by atoms with Crippen molar-refractivity contribution in [3.8, 4) is 0 Å². The van der Waals surface area contributed by atoms with E-state index in [0.29, 0.717) is 0 Å². The Morgan fingerprint density at radius 1 is 1.06 bits per heavy atom. The van der Waals surface area contributed by atoms with Gasteiger partial charge in [0.15, 0.2) is 9.84 Å². The van der Waals surface area contributed by atoms with Crippen LogP contribution in [0.5, 0.6) is 0 Å². The van der Waals surface area contributed by atoms with E-state index < -0.39 is 37.2 Å². The van der Waals surface area contributed by atoms with Crippen molar-refractivity contribution in [1.82, 2.24) is 0 Å². The first-order chi connectivity index (χ1) is 7.27. The molecule has 0 aliphatic heterocycles. The SMILES string of the molecule is O=S(=O)(O)c1cccc(S(=O)(=O)CCO)c1. The van der Waals surface area contributed by atoms with E-state index in [9.17, 15) is 16.8 Å². The van der Waals surface area contributed by atoms with Crippen LogP contribution in [0.3, 0.4) is 0 Å². The maximum absolute atomic E-state index is 11.5. The Hall–Kier alpha value is -0.960. The first-order valence-corrected chi connectivity index (χ1v) is 7.28. The Bertz CT molecular complexity index is 572. The molecule has 0 unspecified atom stereocenters. The van der Waals surface area contributed by atoms with Crippen molar-refractivity contribution < 1.29 is 26.5 Å². The lowest BCUT2D eigenvalue weighted by Gasteiger charge is -2.03. The summed E-state index contributed by atoms with van der Waals surface area (Å²) in [6.07, 6.45) is 0. The smallest absolute Gasteiger partial charge is 0.294 e. The maximum atomic E-state index is 11.5. The van der Waals surface area contributed by atoms with Gasteiger partial charge in [-0.05, 0) is 18.2 Å². The fourth-order valence-corrected chi connectivity index (χ4v) is 2.74. The highest BCUT2D eigenvalue weighted by molar-refractivity contribution is 7.91. The zero-order chi connectivity index (χ0) is 12.4. The molecule has 1 rings (SSSR count). The molecule has 0 atom stereocenters. The van der Waals surface area contributed by atoms with Gasteiger partial charge in [0.1, 0.15) is 0 Å². The molecular weight excluding hydrogens is 256 g/mol. The average Bonchev–Trinajstić information content (AvgIpc) is 2.16. The lowest BCUT2D eigenvalue weighted by atomic mass is 10.4. The molecule has 8 heteroatoms.